The highest BCUT2D eigenvalue weighted by atomic mass is 19.1. The zero-order chi connectivity index (χ0) is 21.3. The number of fused-ring (bicyclic) bond motifs is 2. The van der Waals surface area contributed by atoms with Crippen LogP contribution >= 0.6 is 0 Å². The minimum Gasteiger partial charge on any atom is -0.392 e. The molecule has 0 spiro atoms. The van der Waals surface area contributed by atoms with Gasteiger partial charge >= 0.3 is 0 Å². The van der Waals surface area contributed by atoms with E-state index in [9.17, 15) is 9.50 Å². The summed E-state index contributed by atoms with van der Waals surface area (Å²) in [6.45, 7) is 5.13. The van der Waals surface area contributed by atoms with Gasteiger partial charge in [-0.2, -0.15) is 0 Å². The Morgan fingerprint density at radius 2 is 2.13 bits per heavy atom. The topological polar surface area (TPSA) is 111 Å². The molecule has 0 radical (unpaired) electrons. The van der Waals surface area contributed by atoms with Crippen LogP contribution in [-0.2, 0) is 11.4 Å². The van der Waals surface area contributed by atoms with Crippen LogP contribution in [0.1, 0.15) is 32.0 Å². The largest absolute Gasteiger partial charge is 0.392 e. The number of benzene rings is 1. The summed E-state index contributed by atoms with van der Waals surface area (Å²) in [7, 11) is 0. The highest BCUT2D eigenvalue weighted by Crippen LogP contribution is 2.19. The number of hydrogen-bond donors (Lipinski definition) is 1. The Labute approximate surface area is 171 Å². The minimum atomic E-state index is -0.999. The number of pyridine rings is 1. The first-order valence-corrected chi connectivity index (χ1v) is 9.29. The molecule has 0 atom stereocenters. The Hall–Kier alpha value is -3.53. The molecule has 4 aromatic rings. The summed E-state index contributed by atoms with van der Waals surface area (Å²) in [6.07, 6.45) is 3.13. The lowest BCUT2D eigenvalue weighted by atomic mass is 10.1. The van der Waals surface area contributed by atoms with E-state index in [1.165, 1.54) is 16.9 Å². The van der Waals surface area contributed by atoms with Gasteiger partial charge in [0.15, 0.2) is 5.65 Å². The lowest BCUT2D eigenvalue weighted by Gasteiger charge is -2.14. The third-order valence-electron chi connectivity index (χ3n) is 4.31. The number of aromatic nitrogens is 6. The van der Waals surface area contributed by atoms with Gasteiger partial charge in [-0.3, -0.25) is 4.98 Å². The molecule has 0 saturated heterocycles. The number of halogens is 1. The van der Waals surface area contributed by atoms with Crippen LogP contribution in [0, 0.1) is 5.82 Å². The second-order valence-electron chi connectivity index (χ2n) is 7.55. The van der Waals surface area contributed by atoms with Crippen LogP contribution in [0.5, 0.6) is 0 Å². The lowest BCUT2D eigenvalue weighted by Crippen LogP contribution is -2.25. The fourth-order valence-electron chi connectivity index (χ4n) is 2.79. The fraction of sp³-hybridized carbons (Fsp3) is 0.300. The summed E-state index contributed by atoms with van der Waals surface area (Å²) in [5, 5.41) is 22.6. The molecule has 10 heteroatoms. The molecule has 0 aliphatic heterocycles. The molecule has 154 valence electrons. The first-order chi connectivity index (χ1) is 14.3. The van der Waals surface area contributed by atoms with E-state index in [0.717, 1.165) is 5.39 Å². The maximum atomic E-state index is 14.6. The standard InChI is InChI=1S/C20H20FN7O2/c1-12(26-30-11-20(2,3)29)17-9-23-18-19(24-17)28(27-25-18)10-14-7-13-5-4-6-22-16(13)8-15(14)21/h4-9,29H,10-11H2,1-3H3. The molecule has 4 rings (SSSR count). The normalized spacial score (nSPS) is 12.6. The van der Waals surface area contributed by atoms with Crippen molar-refractivity contribution in [2.24, 2.45) is 5.16 Å². The molecule has 0 bridgehead atoms. The van der Waals surface area contributed by atoms with Gasteiger partial charge in [0, 0.05) is 23.2 Å². The average molecular weight is 409 g/mol. The Balaban J connectivity index is 1.63. The molecule has 0 amide bonds. The van der Waals surface area contributed by atoms with Gasteiger partial charge in [-0.05, 0) is 32.9 Å². The third kappa shape index (κ3) is 4.23. The van der Waals surface area contributed by atoms with E-state index in [4.69, 9.17) is 4.84 Å². The molecular weight excluding hydrogens is 389 g/mol. The number of rotatable bonds is 6. The van der Waals surface area contributed by atoms with Gasteiger partial charge < -0.3 is 9.94 Å². The molecule has 1 N–H and O–H groups in total. The zero-order valence-electron chi connectivity index (χ0n) is 16.7. The van der Waals surface area contributed by atoms with Gasteiger partial charge in [0.1, 0.15) is 23.8 Å². The first kappa shape index (κ1) is 19.8. The smallest absolute Gasteiger partial charge is 0.221 e. The summed E-state index contributed by atoms with van der Waals surface area (Å²) >= 11 is 0. The molecule has 0 aliphatic rings. The van der Waals surface area contributed by atoms with Crippen molar-refractivity contribution in [3.8, 4) is 0 Å². The number of oxime groups is 1. The second kappa shape index (κ2) is 7.71. The van der Waals surface area contributed by atoms with Gasteiger partial charge in [0.2, 0.25) is 5.65 Å². The van der Waals surface area contributed by atoms with Gasteiger partial charge in [-0.25, -0.2) is 19.0 Å². The maximum absolute atomic E-state index is 14.6. The summed E-state index contributed by atoms with van der Waals surface area (Å²) in [6, 6.07) is 6.81. The molecule has 0 fully saturated rings. The van der Waals surface area contributed by atoms with Gasteiger partial charge in [0.05, 0.1) is 23.9 Å². The zero-order valence-corrected chi connectivity index (χ0v) is 16.7. The number of aliphatic hydroxyl groups is 1. The Morgan fingerprint density at radius 1 is 1.30 bits per heavy atom. The van der Waals surface area contributed by atoms with Crippen molar-refractivity contribution in [1.82, 2.24) is 29.9 Å². The maximum Gasteiger partial charge on any atom is 0.221 e. The fourth-order valence-corrected chi connectivity index (χ4v) is 2.79. The molecule has 0 unspecified atom stereocenters. The molecule has 30 heavy (non-hydrogen) atoms. The van der Waals surface area contributed by atoms with E-state index in [1.807, 2.05) is 6.07 Å². The van der Waals surface area contributed by atoms with Crippen molar-refractivity contribution >= 4 is 27.9 Å². The number of nitrogens with zero attached hydrogens (tertiary/aromatic N) is 7. The van der Waals surface area contributed by atoms with E-state index in [2.05, 4.69) is 30.4 Å². The third-order valence-corrected chi connectivity index (χ3v) is 4.31. The van der Waals surface area contributed by atoms with E-state index in [-0.39, 0.29) is 19.0 Å². The Kier molecular flexibility index (Phi) is 5.08. The Morgan fingerprint density at radius 3 is 2.93 bits per heavy atom. The second-order valence-corrected chi connectivity index (χ2v) is 7.55. The summed E-state index contributed by atoms with van der Waals surface area (Å²) < 4.78 is 16.0. The van der Waals surface area contributed by atoms with Crippen molar-refractivity contribution in [1.29, 1.82) is 0 Å². The molecule has 1 aromatic carbocycles. The van der Waals surface area contributed by atoms with Crippen molar-refractivity contribution in [3.63, 3.8) is 0 Å². The van der Waals surface area contributed by atoms with Crippen LogP contribution in [0.25, 0.3) is 22.2 Å². The predicted molar refractivity (Wildman–Crippen MR) is 108 cm³/mol. The summed E-state index contributed by atoms with van der Waals surface area (Å²) in [4.78, 5) is 18.1. The Bertz CT molecular complexity index is 1250. The SMILES string of the molecule is CC(=NOCC(C)(C)O)c1cnc2nnn(Cc3cc4cccnc4cc3F)c2n1. The van der Waals surface area contributed by atoms with Crippen molar-refractivity contribution in [3.05, 3.63) is 53.7 Å². The van der Waals surface area contributed by atoms with Crippen LogP contribution in [0.4, 0.5) is 4.39 Å². The summed E-state index contributed by atoms with van der Waals surface area (Å²) in [5.74, 6) is -0.383. The predicted octanol–water partition coefficient (Wildman–Crippen LogP) is 2.47. The van der Waals surface area contributed by atoms with Crippen molar-refractivity contribution < 1.29 is 14.3 Å². The first-order valence-electron chi connectivity index (χ1n) is 9.29. The van der Waals surface area contributed by atoms with Crippen LogP contribution in [0.15, 0.2) is 41.8 Å². The van der Waals surface area contributed by atoms with Gasteiger partial charge in [-0.1, -0.05) is 16.4 Å². The monoisotopic (exact) mass is 409 g/mol. The quantitative estimate of drug-likeness (QED) is 0.385. The van der Waals surface area contributed by atoms with E-state index < -0.39 is 5.60 Å². The van der Waals surface area contributed by atoms with Gasteiger partial charge in [0.25, 0.3) is 0 Å². The van der Waals surface area contributed by atoms with Crippen molar-refractivity contribution in [2.45, 2.75) is 32.9 Å². The minimum absolute atomic E-state index is 0.0373. The van der Waals surface area contributed by atoms with E-state index in [1.54, 1.807) is 39.1 Å². The highest BCUT2D eigenvalue weighted by Gasteiger charge is 2.15. The lowest BCUT2D eigenvalue weighted by molar-refractivity contribution is -0.0190. The molecular formula is C20H20FN7O2. The molecule has 0 saturated carbocycles. The molecule has 9 nitrogen and oxygen atoms in total. The van der Waals surface area contributed by atoms with Crippen LogP contribution in [-0.4, -0.2) is 53.0 Å². The van der Waals surface area contributed by atoms with Crippen LogP contribution in [0.2, 0.25) is 0 Å². The molecule has 3 aromatic heterocycles. The summed E-state index contributed by atoms with van der Waals surface area (Å²) in [5.41, 5.74) is 1.70. The van der Waals surface area contributed by atoms with Crippen LogP contribution in [0.3, 0.4) is 0 Å². The molecule has 3 heterocycles. The van der Waals surface area contributed by atoms with Gasteiger partial charge in [-0.15, -0.1) is 5.10 Å². The average Bonchev–Trinajstić information content (AvgIpc) is 3.09. The number of hydrogen-bond acceptors (Lipinski definition) is 8. The van der Waals surface area contributed by atoms with E-state index >= 15 is 0 Å². The highest BCUT2D eigenvalue weighted by molar-refractivity contribution is 5.97. The molecule has 0 aliphatic carbocycles. The van der Waals surface area contributed by atoms with Crippen LogP contribution < -0.4 is 0 Å². The van der Waals surface area contributed by atoms with Crippen molar-refractivity contribution in [2.75, 3.05) is 6.61 Å². The van der Waals surface area contributed by atoms with E-state index in [0.29, 0.717) is 33.8 Å².